The van der Waals surface area contributed by atoms with Gasteiger partial charge < -0.3 is 14.8 Å². The molecule has 1 heterocycles. The van der Waals surface area contributed by atoms with Crippen LogP contribution in [0.1, 0.15) is 43.4 Å². The van der Waals surface area contributed by atoms with Crippen LogP contribution in [0, 0.1) is 22.7 Å². The number of hydrogen-bond donors (Lipinski definition) is 2. The number of aliphatic hydroxyl groups is 1. The lowest BCUT2D eigenvalue weighted by Gasteiger charge is -2.18. The molecule has 202 valence electrons. The maximum Gasteiger partial charge on any atom is 0.389 e. The second-order valence-electron chi connectivity index (χ2n) is 10.4. The summed E-state index contributed by atoms with van der Waals surface area (Å²) in [4.78, 5) is 8.16. The van der Waals surface area contributed by atoms with E-state index in [9.17, 15) is 28.8 Å². The molecule has 0 unspecified atom stereocenters. The zero-order valence-electron chi connectivity index (χ0n) is 21.9. The van der Waals surface area contributed by atoms with Crippen LogP contribution in [0.4, 0.5) is 13.2 Å². The fourth-order valence-electron chi connectivity index (χ4n) is 5.02. The molecule has 5 aromatic rings. The highest BCUT2D eigenvalue weighted by Crippen LogP contribution is 2.39. The minimum atomic E-state index is -4.24. The Morgan fingerprint density at radius 2 is 1.60 bits per heavy atom. The van der Waals surface area contributed by atoms with Crippen molar-refractivity contribution < 1.29 is 23.0 Å². The van der Waals surface area contributed by atoms with Crippen LogP contribution < -0.4 is 4.74 Å². The van der Waals surface area contributed by atoms with Gasteiger partial charge in [-0.25, -0.2) is 4.98 Å². The van der Waals surface area contributed by atoms with Crippen molar-refractivity contribution >= 4 is 32.6 Å². The maximum atomic E-state index is 12.6. The number of nitriles is 2. The van der Waals surface area contributed by atoms with Gasteiger partial charge in [-0.15, -0.1) is 0 Å². The molecular formula is C31H25F3N4O2. The SMILES string of the molecule is CC(C)(O)Cc1ccc2c(c1)c1cc(OCCCC(F)(F)F)ccc1c1nc(-c3c(C#N)cccc3C#N)[nH]c21. The van der Waals surface area contributed by atoms with Crippen molar-refractivity contribution in [2.24, 2.45) is 0 Å². The molecule has 40 heavy (non-hydrogen) atoms. The average Bonchev–Trinajstić information content (AvgIpc) is 3.34. The number of aromatic amines is 1. The van der Waals surface area contributed by atoms with Crippen LogP contribution in [0.25, 0.3) is 44.0 Å². The number of nitrogens with zero attached hydrogens (tertiary/aromatic N) is 3. The lowest BCUT2D eigenvalue weighted by molar-refractivity contribution is -0.136. The number of alkyl halides is 3. The summed E-state index contributed by atoms with van der Waals surface area (Å²) in [7, 11) is 0. The Labute approximate surface area is 228 Å². The first kappa shape index (κ1) is 27.0. The van der Waals surface area contributed by atoms with Crippen LogP contribution in [0.3, 0.4) is 0 Å². The zero-order valence-corrected chi connectivity index (χ0v) is 21.9. The molecule has 1 aromatic heterocycles. The van der Waals surface area contributed by atoms with Gasteiger partial charge >= 0.3 is 6.18 Å². The molecule has 0 saturated carbocycles. The number of imidazole rings is 1. The Balaban J connectivity index is 1.71. The molecule has 0 aliphatic carbocycles. The van der Waals surface area contributed by atoms with Crippen molar-refractivity contribution in [1.29, 1.82) is 10.5 Å². The number of rotatable bonds is 7. The number of halogens is 3. The second kappa shape index (κ2) is 10.2. The molecule has 9 heteroatoms. The van der Waals surface area contributed by atoms with Gasteiger partial charge in [0.1, 0.15) is 11.6 Å². The molecule has 0 atom stereocenters. The fraction of sp³-hybridized carbons (Fsp3) is 0.258. The molecule has 0 amide bonds. The second-order valence-corrected chi connectivity index (χ2v) is 10.4. The van der Waals surface area contributed by atoms with Gasteiger partial charge in [-0.1, -0.05) is 24.3 Å². The van der Waals surface area contributed by atoms with Crippen LogP contribution in [0.15, 0.2) is 54.6 Å². The Morgan fingerprint density at radius 1 is 0.925 bits per heavy atom. The summed E-state index contributed by atoms with van der Waals surface area (Å²) in [5.74, 6) is 0.811. The van der Waals surface area contributed by atoms with E-state index in [4.69, 9.17) is 9.72 Å². The Hall–Kier alpha value is -4.60. The van der Waals surface area contributed by atoms with Crippen LogP contribution in [-0.2, 0) is 6.42 Å². The van der Waals surface area contributed by atoms with Gasteiger partial charge in [-0.3, -0.25) is 0 Å². The normalized spacial score (nSPS) is 12.1. The van der Waals surface area contributed by atoms with E-state index in [0.29, 0.717) is 45.7 Å². The van der Waals surface area contributed by atoms with Gasteiger partial charge in [-0.2, -0.15) is 23.7 Å². The van der Waals surface area contributed by atoms with Gasteiger partial charge in [0.2, 0.25) is 0 Å². The molecule has 0 saturated heterocycles. The van der Waals surface area contributed by atoms with Gasteiger partial charge in [0.15, 0.2) is 0 Å². The first-order valence-corrected chi connectivity index (χ1v) is 12.7. The van der Waals surface area contributed by atoms with E-state index >= 15 is 0 Å². The first-order chi connectivity index (χ1) is 19.0. The third kappa shape index (κ3) is 5.42. The van der Waals surface area contributed by atoms with Crippen LogP contribution in [0.5, 0.6) is 5.75 Å². The lowest BCUT2D eigenvalue weighted by atomic mass is 9.93. The van der Waals surface area contributed by atoms with Crippen LogP contribution in [0.2, 0.25) is 0 Å². The molecule has 0 radical (unpaired) electrons. The van der Waals surface area contributed by atoms with Gasteiger partial charge in [0.25, 0.3) is 0 Å². The topological polar surface area (TPSA) is 106 Å². The van der Waals surface area contributed by atoms with Crippen LogP contribution in [-0.4, -0.2) is 33.5 Å². The van der Waals surface area contributed by atoms with E-state index in [-0.39, 0.29) is 13.0 Å². The van der Waals surface area contributed by atoms with Crippen molar-refractivity contribution in [2.45, 2.75) is 44.9 Å². The number of fused-ring (bicyclic) bond motifs is 6. The summed E-state index contributed by atoms with van der Waals surface area (Å²) in [6.07, 6.45) is -4.90. The fourth-order valence-corrected chi connectivity index (χ4v) is 5.02. The number of aromatic nitrogens is 2. The quantitative estimate of drug-likeness (QED) is 0.166. The van der Waals surface area contributed by atoms with Gasteiger partial charge in [0, 0.05) is 23.6 Å². The smallest absolute Gasteiger partial charge is 0.389 e. The largest absolute Gasteiger partial charge is 0.494 e. The van der Waals surface area contributed by atoms with E-state index in [2.05, 4.69) is 17.1 Å². The summed E-state index contributed by atoms with van der Waals surface area (Å²) in [5.41, 5.74) is 2.33. The van der Waals surface area contributed by atoms with E-state index in [1.54, 1.807) is 44.2 Å². The minimum Gasteiger partial charge on any atom is -0.494 e. The monoisotopic (exact) mass is 542 g/mol. The molecule has 5 rings (SSSR count). The molecule has 6 nitrogen and oxygen atoms in total. The van der Waals surface area contributed by atoms with Crippen LogP contribution >= 0.6 is 0 Å². The lowest BCUT2D eigenvalue weighted by Crippen LogP contribution is -2.21. The third-order valence-corrected chi connectivity index (χ3v) is 6.65. The number of nitrogens with one attached hydrogen (secondary N) is 1. The molecule has 0 aliphatic rings. The first-order valence-electron chi connectivity index (χ1n) is 12.7. The Kier molecular flexibility index (Phi) is 6.87. The van der Waals surface area contributed by atoms with Gasteiger partial charge in [-0.05, 0) is 66.9 Å². The van der Waals surface area contributed by atoms with Crippen molar-refractivity contribution in [3.8, 4) is 29.3 Å². The number of benzene rings is 4. The number of H-pyrrole nitrogens is 1. The molecule has 4 aromatic carbocycles. The maximum absolute atomic E-state index is 12.6. The molecule has 0 fully saturated rings. The van der Waals surface area contributed by atoms with Crippen molar-refractivity contribution in [2.75, 3.05) is 6.61 Å². The minimum absolute atomic E-state index is 0.0798. The summed E-state index contributed by atoms with van der Waals surface area (Å²) < 4.78 is 43.4. The van der Waals surface area contributed by atoms with Crippen molar-refractivity contribution in [3.05, 3.63) is 71.3 Å². The molecule has 2 N–H and O–H groups in total. The van der Waals surface area contributed by atoms with Crippen molar-refractivity contribution in [1.82, 2.24) is 9.97 Å². The predicted octanol–water partition coefficient (Wildman–Crippen LogP) is 7.31. The molecule has 0 aliphatic heterocycles. The molecule has 0 spiro atoms. The highest BCUT2D eigenvalue weighted by Gasteiger charge is 2.26. The summed E-state index contributed by atoms with van der Waals surface area (Å²) in [6, 6.07) is 20.3. The Morgan fingerprint density at radius 3 is 2.25 bits per heavy atom. The predicted molar refractivity (Wildman–Crippen MR) is 147 cm³/mol. The molecule has 0 bridgehead atoms. The average molecular weight is 543 g/mol. The van der Waals surface area contributed by atoms with E-state index in [1.807, 2.05) is 24.3 Å². The zero-order chi connectivity index (χ0) is 28.7. The number of ether oxygens (including phenoxy) is 1. The summed E-state index contributed by atoms with van der Waals surface area (Å²) >= 11 is 0. The van der Waals surface area contributed by atoms with Gasteiger partial charge in [0.05, 0.1) is 52.1 Å². The summed E-state index contributed by atoms with van der Waals surface area (Å²) in [5, 5.41) is 33.0. The highest BCUT2D eigenvalue weighted by molar-refractivity contribution is 6.24. The number of hydrogen-bond acceptors (Lipinski definition) is 5. The van der Waals surface area contributed by atoms with E-state index < -0.39 is 18.2 Å². The standard InChI is InChI=1S/C31H25F3N4O2/c1-30(2,39)15-18-7-9-22-24(13-18)25-14-21(40-12-4-11-31(32,33)34)8-10-23(25)28-27(22)37-29(38-28)26-19(16-35)5-3-6-20(26)17-36/h3,5-10,13-14,39H,4,11-12,15H2,1-2H3,(H,37,38). The molecular weight excluding hydrogens is 517 g/mol. The van der Waals surface area contributed by atoms with E-state index in [1.165, 1.54) is 0 Å². The van der Waals surface area contributed by atoms with Crippen molar-refractivity contribution in [3.63, 3.8) is 0 Å². The summed E-state index contributed by atoms with van der Waals surface area (Å²) in [6.45, 7) is 3.38. The highest BCUT2D eigenvalue weighted by atomic mass is 19.4. The van der Waals surface area contributed by atoms with E-state index in [0.717, 1.165) is 27.1 Å². The Bertz CT molecular complexity index is 1800. The third-order valence-electron chi connectivity index (χ3n) is 6.65.